The molecule has 0 amide bonds. The molecule has 4 heteroatoms. The van der Waals surface area contributed by atoms with Gasteiger partial charge in [0.1, 0.15) is 0 Å². The molecule has 0 radical (unpaired) electrons. The highest BCUT2D eigenvalue weighted by Crippen LogP contribution is 2.42. The molecule has 0 saturated carbocycles. The van der Waals surface area contributed by atoms with Crippen LogP contribution in [-0.4, -0.2) is 19.1 Å². The molecule has 0 N–H and O–H groups in total. The topological polar surface area (TPSA) is 35.6 Å². The normalized spacial score (nSPS) is 12.1. The highest BCUT2D eigenvalue weighted by atomic mass is 15.2. The molecule has 0 fully saturated rings. The Morgan fingerprint density at radius 2 is 0.844 bits per heavy atom. The average molecular weight is 813 g/mol. The van der Waals surface area contributed by atoms with Crippen LogP contribution in [0.25, 0.3) is 132 Å². The first kappa shape index (κ1) is 35.0. The van der Waals surface area contributed by atoms with E-state index >= 15 is 0 Å². The van der Waals surface area contributed by atoms with Gasteiger partial charge in [-0.3, -0.25) is 4.57 Å². The number of hydrogen-bond donors (Lipinski definition) is 0. The van der Waals surface area contributed by atoms with Crippen molar-refractivity contribution >= 4 is 97.6 Å². The van der Waals surface area contributed by atoms with Gasteiger partial charge >= 0.3 is 0 Å². The summed E-state index contributed by atoms with van der Waals surface area (Å²) in [5, 5.41) is 15.9. The third-order valence-corrected chi connectivity index (χ3v) is 13.5. The third kappa shape index (κ3) is 5.05. The fourth-order valence-corrected chi connectivity index (χ4v) is 10.6. The van der Waals surface area contributed by atoms with Crippen molar-refractivity contribution < 1.29 is 0 Å². The van der Waals surface area contributed by atoms with E-state index in [1.54, 1.807) is 0 Å². The van der Waals surface area contributed by atoms with Crippen molar-refractivity contribution in [3.8, 4) is 34.0 Å². The summed E-state index contributed by atoms with van der Waals surface area (Å²) in [5.74, 6) is 0.655. The Labute approximate surface area is 367 Å². The maximum atomic E-state index is 5.37. The van der Waals surface area contributed by atoms with Gasteiger partial charge in [0.15, 0.2) is 0 Å². The molecular weight excluding hydrogens is 777 g/mol. The molecule has 0 aliphatic carbocycles. The van der Waals surface area contributed by atoms with Gasteiger partial charge < -0.3 is 4.57 Å². The van der Waals surface area contributed by atoms with Crippen LogP contribution in [0.1, 0.15) is 0 Å². The molecular formula is C60H36N4. The van der Waals surface area contributed by atoms with Crippen LogP contribution >= 0.6 is 0 Å². The Morgan fingerprint density at radius 1 is 0.281 bits per heavy atom. The summed E-state index contributed by atoms with van der Waals surface area (Å²) in [6, 6.07) is 79.2. The van der Waals surface area contributed by atoms with Crippen LogP contribution in [0, 0.1) is 0 Å². The predicted molar refractivity (Wildman–Crippen MR) is 269 cm³/mol. The van der Waals surface area contributed by atoms with Gasteiger partial charge in [0.05, 0.1) is 33.3 Å². The van der Waals surface area contributed by atoms with Crippen molar-refractivity contribution in [1.29, 1.82) is 0 Å². The summed E-state index contributed by atoms with van der Waals surface area (Å²) >= 11 is 0. The van der Waals surface area contributed by atoms with Gasteiger partial charge in [-0.05, 0) is 103 Å². The second kappa shape index (κ2) is 13.4. The first-order valence-corrected chi connectivity index (χ1v) is 21.9. The Bertz CT molecular complexity index is 4220. The Hall–Kier alpha value is -8.60. The van der Waals surface area contributed by atoms with Gasteiger partial charge in [-0.25, -0.2) is 9.97 Å². The Morgan fingerprint density at radius 3 is 1.64 bits per heavy atom. The van der Waals surface area contributed by atoms with E-state index in [4.69, 9.17) is 9.97 Å². The van der Waals surface area contributed by atoms with Gasteiger partial charge in [-0.15, -0.1) is 0 Å². The van der Waals surface area contributed by atoms with E-state index in [0.717, 1.165) is 55.4 Å². The summed E-state index contributed by atoms with van der Waals surface area (Å²) in [4.78, 5) is 10.6. The molecule has 3 aromatic heterocycles. The van der Waals surface area contributed by atoms with Gasteiger partial charge in [0.2, 0.25) is 5.95 Å². The van der Waals surface area contributed by atoms with E-state index in [-0.39, 0.29) is 0 Å². The summed E-state index contributed by atoms with van der Waals surface area (Å²) in [6.07, 6.45) is 0. The molecule has 14 aromatic rings. The zero-order chi connectivity index (χ0) is 41.9. The highest BCUT2D eigenvalue weighted by molar-refractivity contribution is 6.26. The summed E-state index contributed by atoms with van der Waals surface area (Å²) in [5.41, 5.74) is 10.9. The standard InChI is InChI=1S/C60H36N4/c1-2-15-38(16-3-1)59-50-23-10-12-24-53(50)61-60(62-59)64-55-32-28-39(34-52(55)58-42-17-5-4-14-37(42)27-33-56(58)64)40-26-30-49-48-22-11-13-25-54(48)63(57(49)35-40)41-29-31-47-45-20-7-6-18-43(45)44-19-8-9-21-46(44)51(47)36-41/h1-36H. The lowest BCUT2D eigenvalue weighted by molar-refractivity contribution is 1.01. The number of para-hydroxylation sites is 2. The number of benzene rings is 11. The molecule has 0 aliphatic heterocycles. The van der Waals surface area contributed by atoms with Crippen molar-refractivity contribution in [1.82, 2.24) is 19.1 Å². The lowest BCUT2D eigenvalue weighted by Gasteiger charge is -2.14. The number of aromatic nitrogens is 4. The average Bonchev–Trinajstić information content (AvgIpc) is 3.88. The molecule has 0 saturated heterocycles. The number of fused-ring (bicyclic) bond motifs is 15. The van der Waals surface area contributed by atoms with Gasteiger partial charge in [0, 0.05) is 38.2 Å². The van der Waals surface area contributed by atoms with E-state index in [0.29, 0.717) is 5.95 Å². The minimum atomic E-state index is 0.655. The van der Waals surface area contributed by atoms with Crippen molar-refractivity contribution in [3.05, 3.63) is 218 Å². The predicted octanol–water partition coefficient (Wildman–Crippen LogP) is 15.8. The number of hydrogen-bond acceptors (Lipinski definition) is 2. The van der Waals surface area contributed by atoms with Crippen molar-refractivity contribution in [2.75, 3.05) is 0 Å². The van der Waals surface area contributed by atoms with Crippen LogP contribution < -0.4 is 0 Å². The lowest BCUT2D eigenvalue weighted by Crippen LogP contribution is -2.03. The van der Waals surface area contributed by atoms with Crippen LogP contribution in [0.4, 0.5) is 0 Å². The number of rotatable bonds is 4. The number of nitrogens with zero attached hydrogens (tertiary/aromatic N) is 4. The van der Waals surface area contributed by atoms with Gasteiger partial charge in [-0.1, -0.05) is 170 Å². The van der Waals surface area contributed by atoms with Crippen molar-refractivity contribution in [2.45, 2.75) is 0 Å². The fourth-order valence-electron chi connectivity index (χ4n) is 10.6. The van der Waals surface area contributed by atoms with Crippen LogP contribution in [0.3, 0.4) is 0 Å². The molecule has 3 heterocycles. The van der Waals surface area contributed by atoms with E-state index < -0.39 is 0 Å². The maximum Gasteiger partial charge on any atom is 0.235 e. The zero-order valence-corrected chi connectivity index (χ0v) is 34.6. The minimum absolute atomic E-state index is 0.655. The smallest absolute Gasteiger partial charge is 0.235 e. The highest BCUT2D eigenvalue weighted by Gasteiger charge is 2.21. The molecule has 14 rings (SSSR count). The molecule has 0 spiro atoms. The van der Waals surface area contributed by atoms with E-state index in [1.807, 2.05) is 6.07 Å². The summed E-state index contributed by atoms with van der Waals surface area (Å²) in [7, 11) is 0. The molecule has 0 atom stereocenters. The summed E-state index contributed by atoms with van der Waals surface area (Å²) < 4.78 is 4.71. The monoisotopic (exact) mass is 812 g/mol. The Balaban J connectivity index is 1.01. The van der Waals surface area contributed by atoms with E-state index in [9.17, 15) is 0 Å². The van der Waals surface area contributed by atoms with Gasteiger partial charge in [0.25, 0.3) is 0 Å². The maximum absolute atomic E-state index is 5.37. The van der Waals surface area contributed by atoms with Gasteiger partial charge in [-0.2, -0.15) is 0 Å². The van der Waals surface area contributed by atoms with Crippen molar-refractivity contribution in [2.24, 2.45) is 0 Å². The summed E-state index contributed by atoms with van der Waals surface area (Å²) in [6.45, 7) is 0. The molecule has 11 aromatic carbocycles. The van der Waals surface area contributed by atoms with E-state index in [2.05, 4.69) is 221 Å². The quantitative estimate of drug-likeness (QED) is 0.166. The second-order valence-electron chi connectivity index (χ2n) is 16.9. The fraction of sp³-hybridized carbons (Fsp3) is 0. The van der Waals surface area contributed by atoms with Crippen molar-refractivity contribution in [3.63, 3.8) is 0 Å². The van der Waals surface area contributed by atoms with Crippen LogP contribution in [-0.2, 0) is 0 Å². The first-order chi connectivity index (χ1) is 31.7. The van der Waals surface area contributed by atoms with Crippen LogP contribution in [0.5, 0.6) is 0 Å². The van der Waals surface area contributed by atoms with Crippen LogP contribution in [0.15, 0.2) is 218 Å². The van der Waals surface area contributed by atoms with E-state index in [1.165, 1.54) is 70.3 Å². The largest absolute Gasteiger partial charge is 0.309 e. The molecule has 0 bridgehead atoms. The zero-order valence-electron chi connectivity index (χ0n) is 34.6. The molecule has 4 nitrogen and oxygen atoms in total. The third-order valence-electron chi connectivity index (χ3n) is 13.5. The molecule has 64 heavy (non-hydrogen) atoms. The Kier molecular flexibility index (Phi) is 7.36. The first-order valence-electron chi connectivity index (χ1n) is 21.9. The molecule has 0 unspecified atom stereocenters. The SMILES string of the molecule is c1ccc(-c2nc(-n3c4ccc(-c5ccc6c7ccccc7n(-c7ccc8c9ccccc9c9ccccc9c8c7)c6c5)cc4c4c5ccccc5ccc43)nc3ccccc23)cc1. The second-order valence-corrected chi connectivity index (χ2v) is 16.9. The van der Waals surface area contributed by atoms with Crippen LogP contribution in [0.2, 0.25) is 0 Å². The lowest BCUT2D eigenvalue weighted by atomic mass is 9.94. The minimum Gasteiger partial charge on any atom is -0.309 e. The molecule has 296 valence electrons. The molecule has 0 aliphatic rings.